The van der Waals surface area contributed by atoms with Crippen molar-refractivity contribution in [1.29, 1.82) is 0 Å². The molecule has 2 atom stereocenters. The van der Waals surface area contributed by atoms with Crippen LogP contribution < -0.4 is 0 Å². The van der Waals surface area contributed by atoms with Crippen LogP contribution >= 0.6 is 0 Å². The highest BCUT2D eigenvalue weighted by Crippen LogP contribution is 2.22. The number of hydrogen-bond acceptors (Lipinski definition) is 3. The summed E-state index contributed by atoms with van der Waals surface area (Å²) in [5.74, 6) is -0.642. The van der Waals surface area contributed by atoms with Gasteiger partial charge < -0.3 is 15.1 Å². The second kappa shape index (κ2) is 5.11. The predicted octanol–water partition coefficient (Wildman–Crippen LogP) is -0.0620. The number of aliphatic hydroxyl groups excluding tert-OH is 1. The van der Waals surface area contributed by atoms with Crippen LogP contribution in [0.3, 0.4) is 0 Å². The fraction of sp³-hybridized carbons (Fsp3) is 0.800. The number of aliphatic hydroxyl groups is 1. The van der Waals surface area contributed by atoms with Crippen LogP contribution in [0.4, 0.5) is 0 Å². The quantitative estimate of drug-likeness (QED) is 0.688. The lowest BCUT2D eigenvalue weighted by molar-refractivity contribution is -0.140. The van der Waals surface area contributed by atoms with Crippen LogP contribution in [0, 0.1) is 11.8 Å². The molecule has 5 heteroatoms. The van der Waals surface area contributed by atoms with E-state index < -0.39 is 5.97 Å². The van der Waals surface area contributed by atoms with Gasteiger partial charge in [-0.3, -0.25) is 9.59 Å². The zero-order chi connectivity index (χ0) is 11.4. The Morgan fingerprint density at radius 1 is 1.33 bits per heavy atom. The summed E-state index contributed by atoms with van der Waals surface area (Å²) >= 11 is 0. The van der Waals surface area contributed by atoms with Crippen LogP contribution in [0.5, 0.6) is 0 Å². The number of carboxylic acid groups (broad SMARTS) is 1. The maximum atomic E-state index is 11.5. The Morgan fingerprint density at radius 3 is 2.47 bits per heavy atom. The normalized spacial score (nSPS) is 25.6. The van der Waals surface area contributed by atoms with Gasteiger partial charge in [-0.05, 0) is 5.92 Å². The van der Waals surface area contributed by atoms with Gasteiger partial charge in [0.15, 0.2) is 0 Å². The van der Waals surface area contributed by atoms with Crippen molar-refractivity contribution in [3.63, 3.8) is 0 Å². The minimum absolute atomic E-state index is 0.0558. The number of carbonyl (C=O) groups is 2. The highest BCUT2D eigenvalue weighted by molar-refractivity contribution is 5.80. The first kappa shape index (κ1) is 12.0. The van der Waals surface area contributed by atoms with E-state index in [0.717, 1.165) is 0 Å². The smallest absolute Gasteiger partial charge is 0.303 e. The van der Waals surface area contributed by atoms with Crippen molar-refractivity contribution in [3.8, 4) is 0 Å². The van der Waals surface area contributed by atoms with Crippen molar-refractivity contribution in [2.45, 2.75) is 19.8 Å². The van der Waals surface area contributed by atoms with Gasteiger partial charge >= 0.3 is 5.97 Å². The van der Waals surface area contributed by atoms with Crippen LogP contribution in [0.2, 0.25) is 0 Å². The SMILES string of the molecule is C[C@@H]1CN(C(=O)CCC(=O)O)C[C@H]1CO. The van der Waals surface area contributed by atoms with Gasteiger partial charge in [0.2, 0.25) is 5.91 Å². The summed E-state index contributed by atoms with van der Waals surface area (Å²) in [6.45, 7) is 3.26. The molecule has 1 fully saturated rings. The minimum atomic E-state index is -0.950. The fourth-order valence-corrected chi connectivity index (χ4v) is 1.85. The molecule has 0 aliphatic carbocycles. The Hall–Kier alpha value is -1.10. The second-order valence-corrected chi connectivity index (χ2v) is 4.11. The number of likely N-dealkylation sites (tertiary alicyclic amines) is 1. The second-order valence-electron chi connectivity index (χ2n) is 4.11. The molecule has 0 aromatic rings. The Balaban J connectivity index is 2.39. The number of rotatable bonds is 4. The van der Waals surface area contributed by atoms with Crippen LogP contribution in [-0.2, 0) is 9.59 Å². The molecule has 1 saturated heterocycles. The van der Waals surface area contributed by atoms with Crippen LogP contribution in [-0.4, -0.2) is 46.7 Å². The van der Waals surface area contributed by atoms with Crippen LogP contribution in [0.15, 0.2) is 0 Å². The Bertz CT molecular complexity index is 254. The highest BCUT2D eigenvalue weighted by Gasteiger charge is 2.31. The van der Waals surface area contributed by atoms with E-state index in [-0.39, 0.29) is 31.3 Å². The lowest BCUT2D eigenvalue weighted by Gasteiger charge is -2.15. The topological polar surface area (TPSA) is 77.8 Å². The lowest BCUT2D eigenvalue weighted by atomic mass is 10.00. The Kier molecular flexibility index (Phi) is 4.08. The summed E-state index contributed by atoms with van der Waals surface area (Å²) in [5.41, 5.74) is 0. The monoisotopic (exact) mass is 215 g/mol. The zero-order valence-electron chi connectivity index (χ0n) is 8.85. The van der Waals surface area contributed by atoms with E-state index in [1.807, 2.05) is 6.92 Å². The fourth-order valence-electron chi connectivity index (χ4n) is 1.85. The molecule has 0 saturated carbocycles. The molecule has 1 amide bonds. The molecule has 86 valence electrons. The standard InChI is InChI=1S/C10H17NO4/c1-7-4-11(5-8(7)6-12)9(13)2-3-10(14)15/h7-8,12H,2-6H2,1H3,(H,14,15)/t7-,8+/m1/s1. The van der Waals surface area contributed by atoms with Gasteiger partial charge in [0.05, 0.1) is 6.42 Å². The molecule has 0 aromatic carbocycles. The number of nitrogens with zero attached hydrogens (tertiary/aromatic N) is 1. The van der Waals surface area contributed by atoms with Gasteiger partial charge in [-0.2, -0.15) is 0 Å². The highest BCUT2D eigenvalue weighted by atomic mass is 16.4. The van der Waals surface area contributed by atoms with Crippen molar-refractivity contribution in [1.82, 2.24) is 4.90 Å². The number of aliphatic carboxylic acids is 1. The van der Waals surface area contributed by atoms with Crippen molar-refractivity contribution in [3.05, 3.63) is 0 Å². The van der Waals surface area contributed by atoms with E-state index in [4.69, 9.17) is 10.2 Å². The molecule has 0 radical (unpaired) electrons. The first-order valence-corrected chi connectivity index (χ1v) is 5.15. The Labute approximate surface area is 88.7 Å². The van der Waals surface area contributed by atoms with Gasteiger partial charge in [-0.1, -0.05) is 6.92 Å². The van der Waals surface area contributed by atoms with E-state index in [9.17, 15) is 9.59 Å². The number of carbonyl (C=O) groups excluding carboxylic acids is 1. The molecular weight excluding hydrogens is 198 g/mol. The number of amides is 1. The molecule has 0 bridgehead atoms. The third kappa shape index (κ3) is 3.20. The minimum Gasteiger partial charge on any atom is -0.481 e. The third-order valence-corrected chi connectivity index (χ3v) is 2.91. The van der Waals surface area contributed by atoms with E-state index in [1.165, 1.54) is 0 Å². The van der Waals surface area contributed by atoms with Crippen LogP contribution in [0.1, 0.15) is 19.8 Å². The molecule has 1 rings (SSSR count). The lowest BCUT2D eigenvalue weighted by Crippen LogP contribution is -2.29. The first-order chi connectivity index (χ1) is 7.04. The van der Waals surface area contributed by atoms with Gasteiger partial charge in [0.25, 0.3) is 0 Å². The van der Waals surface area contributed by atoms with Gasteiger partial charge in [-0.15, -0.1) is 0 Å². The zero-order valence-corrected chi connectivity index (χ0v) is 8.85. The van der Waals surface area contributed by atoms with E-state index in [1.54, 1.807) is 4.90 Å². The molecule has 2 N–H and O–H groups in total. The molecule has 0 aromatic heterocycles. The number of hydrogen-bond donors (Lipinski definition) is 2. The molecule has 0 spiro atoms. The van der Waals surface area contributed by atoms with Gasteiger partial charge in [0.1, 0.15) is 0 Å². The maximum Gasteiger partial charge on any atom is 0.303 e. The van der Waals surface area contributed by atoms with Crippen LogP contribution in [0.25, 0.3) is 0 Å². The summed E-state index contributed by atoms with van der Waals surface area (Å²) in [7, 11) is 0. The average Bonchev–Trinajstić information content (AvgIpc) is 2.56. The van der Waals surface area contributed by atoms with Crippen molar-refractivity contribution < 1.29 is 19.8 Å². The largest absolute Gasteiger partial charge is 0.481 e. The number of carboxylic acids is 1. The summed E-state index contributed by atoms with van der Waals surface area (Å²) in [4.78, 5) is 23.5. The molecular formula is C10H17NO4. The molecule has 1 heterocycles. The summed E-state index contributed by atoms with van der Waals surface area (Å²) in [5, 5.41) is 17.5. The predicted molar refractivity (Wildman–Crippen MR) is 53.2 cm³/mol. The van der Waals surface area contributed by atoms with Crippen molar-refractivity contribution in [2.75, 3.05) is 19.7 Å². The molecule has 1 aliphatic rings. The third-order valence-electron chi connectivity index (χ3n) is 2.91. The van der Waals surface area contributed by atoms with E-state index in [0.29, 0.717) is 19.0 Å². The van der Waals surface area contributed by atoms with E-state index >= 15 is 0 Å². The first-order valence-electron chi connectivity index (χ1n) is 5.15. The summed E-state index contributed by atoms with van der Waals surface area (Å²) < 4.78 is 0. The average molecular weight is 215 g/mol. The molecule has 1 aliphatic heterocycles. The summed E-state index contributed by atoms with van der Waals surface area (Å²) in [6.07, 6.45) is -0.0618. The Morgan fingerprint density at radius 2 is 2.00 bits per heavy atom. The molecule has 5 nitrogen and oxygen atoms in total. The summed E-state index contributed by atoms with van der Waals surface area (Å²) in [6, 6.07) is 0. The molecule has 0 unspecified atom stereocenters. The maximum absolute atomic E-state index is 11.5. The molecule has 15 heavy (non-hydrogen) atoms. The van der Waals surface area contributed by atoms with Gasteiger partial charge in [-0.25, -0.2) is 0 Å². The van der Waals surface area contributed by atoms with Crippen molar-refractivity contribution in [2.24, 2.45) is 11.8 Å². The van der Waals surface area contributed by atoms with Crippen molar-refractivity contribution >= 4 is 11.9 Å². The van der Waals surface area contributed by atoms with E-state index in [2.05, 4.69) is 0 Å². The van der Waals surface area contributed by atoms with Gasteiger partial charge in [0, 0.05) is 32.0 Å².